The van der Waals surface area contributed by atoms with Gasteiger partial charge in [-0.05, 0) is 18.9 Å². The fourth-order valence-corrected chi connectivity index (χ4v) is 3.83. The second kappa shape index (κ2) is 13.1. The Morgan fingerprint density at radius 2 is 1.72 bits per heavy atom. The Hall–Kier alpha value is -2.50. The zero-order chi connectivity index (χ0) is 24.3. The number of hydrogen-bond acceptors (Lipinski definition) is 7. The third kappa shape index (κ3) is 9.75. The van der Waals surface area contributed by atoms with Gasteiger partial charge in [0.1, 0.15) is 15.9 Å². The van der Waals surface area contributed by atoms with Gasteiger partial charge in [0, 0.05) is 13.3 Å². The minimum Gasteiger partial charge on any atom is -0.381 e. The van der Waals surface area contributed by atoms with Crippen LogP contribution in [0.2, 0.25) is 0 Å². The highest BCUT2D eigenvalue weighted by atomic mass is 32.2. The lowest BCUT2D eigenvalue weighted by Crippen LogP contribution is -2.56. The van der Waals surface area contributed by atoms with Crippen molar-refractivity contribution in [1.29, 1.82) is 0 Å². The monoisotopic (exact) mass is 468 g/mol. The molecule has 0 aromatic heterocycles. The van der Waals surface area contributed by atoms with Crippen molar-refractivity contribution in [3.05, 3.63) is 42.9 Å². The van der Waals surface area contributed by atoms with Crippen LogP contribution < -0.4 is 21.3 Å². The smallest absolute Gasteiger partial charge is 0.251 e. The summed E-state index contributed by atoms with van der Waals surface area (Å²) in [5.74, 6) is -2.60. The van der Waals surface area contributed by atoms with E-state index < -0.39 is 51.5 Å². The molecule has 4 unspecified atom stereocenters. The normalized spacial score (nSPS) is 15.2. The van der Waals surface area contributed by atoms with Gasteiger partial charge in [-0.1, -0.05) is 43.7 Å². The van der Waals surface area contributed by atoms with Gasteiger partial charge in [-0.3, -0.25) is 19.7 Å². The lowest BCUT2D eigenvalue weighted by atomic mass is 10.0. The van der Waals surface area contributed by atoms with Crippen LogP contribution in [0, 0.1) is 7.05 Å². The minimum atomic E-state index is -3.50. The standard InChI is InChI=1S/C21H32N4O6S/c1-5-9-16(25-20(28)17(22-3)13-32(4,30)31)19(27)21(29)23-12-18(26)24-14(2)15-10-7-6-8-11-15/h3,6-8,10-11,14,16-17,19,22,27H,5,9,12-13H2,1-2,4H3,(H,23,29)(H,24,26)(H,25,28). The molecule has 5 N–H and O–H groups in total. The molecule has 3 amide bonds. The molecule has 0 aliphatic rings. The van der Waals surface area contributed by atoms with Gasteiger partial charge in [-0.2, -0.15) is 0 Å². The van der Waals surface area contributed by atoms with E-state index in [1.807, 2.05) is 30.3 Å². The zero-order valence-electron chi connectivity index (χ0n) is 18.5. The number of benzene rings is 1. The lowest BCUT2D eigenvalue weighted by Gasteiger charge is -2.25. The summed E-state index contributed by atoms with van der Waals surface area (Å²) in [6, 6.07) is 6.76. The predicted molar refractivity (Wildman–Crippen MR) is 120 cm³/mol. The number of carbonyl (C=O) groups excluding carboxylic acids is 3. The van der Waals surface area contributed by atoms with Crippen molar-refractivity contribution in [2.24, 2.45) is 0 Å². The Kier molecular flexibility index (Phi) is 11.3. The number of hydrogen-bond donors (Lipinski definition) is 5. The molecular formula is C21H32N4O6S. The summed E-state index contributed by atoms with van der Waals surface area (Å²) in [5, 5.41) is 20.0. The Balaban J connectivity index is 2.65. The van der Waals surface area contributed by atoms with Crippen LogP contribution in [-0.4, -0.2) is 68.0 Å². The summed E-state index contributed by atoms with van der Waals surface area (Å²) >= 11 is 0. The van der Waals surface area contributed by atoms with E-state index >= 15 is 0 Å². The molecule has 0 spiro atoms. The molecule has 32 heavy (non-hydrogen) atoms. The highest BCUT2D eigenvalue weighted by Gasteiger charge is 2.30. The average Bonchev–Trinajstić information content (AvgIpc) is 2.74. The molecule has 0 fully saturated rings. The molecule has 2 radical (unpaired) electrons. The number of aliphatic hydroxyl groups is 1. The molecule has 1 aromatic carbocycles. The molecular weight excluding hydrogens is 436 g/mol. The van der Waals surface area contributed by atoms with E-state index in [1.54, 1.807) is 13.8 Å². The third-order valence-electron chi connectivity index (χ3n) is 4.66. The predicted octanol–water partition coefficient (Wildman–Crippen LogP) is -0.703. The minimum absolute atomic E-state index is 0.244. The first-order valence-corrected chi connectivity index (χ1v) is 12.3. The summed E-state index contributed by atoms with van der Waals surface area (Å²) < 4.78 is 22.9. The van der Waals surface area contributed by atoms with E-state index in [4.69, 9.17) is 7.05 Å². The maximum Gasteiger partial charge on any atom is 0.251 e. The van der Waals surface area contributed by atoms with Gasteiger partial charge in [0.25, 0.3) is 5.91 Å². The van der Waals surface area contributed by atoms with Crippen LogP contribution in [0.1, 0.15) is 38.3 Å². The van der Waals surface area contributed by atoms with Crippen LogP contribution in [0.4, 0.5) is 0 Å². The van der Waals surface area contributed by atoms with E-state index in [0.717, 1.165) is 11.8 Å². The third-order valence-corrected chi connectivity index (χ3v) is 5.60. The molecule has 0 bridgehead atoms. The number of nitrogens with one attached hydrogen (secondary N) is 4. The summed E-state index contributed by atoms with van der Waals surface area (Å²) in [6.07, 6.45) is 0.0836. The second-order valence-electron chi connectivity index (χ2n) is 7.58. The number of carbonyl (C=O) groups is 3. The summed E-state index contributed by atoms with van der Waals surface area (Å²) in [7, 11) is 1.76. The molecule has 0 saturated heterocycles. The van der Waals surface area contributed by atoms with Crippen LogP contribution in [0.15, 0.2) is 30.3 Å². The van der Waals surface area contributed by atoms with Gasteiger partial charge in [0.15, 0.2) is 6.10 Å². The van der Waals surface area contributed by atoms with Crippen molar-refractivity contribution in [3.8, 4) is 0 Å². The fraction of sp³-hybridized carbons (Fsp3) is 0.524. The van der Waals surface area contributed by atoms with Crippen molar-refractivity contribution >= 4 is 27.6 Å². The Labute approximate surface area is 189 Å². The first-order chi connectivity index (χ1) is 15.0. The highest BCUT2D eigenvalue weighted by Crippen LogP contribution is 2.10. The van der Waals surface area contributed by atoms with Gasteiger partial charge >= 0.3 is 0 Å². The number of aliphatic hydroxyl groups excluding tert-OH is 1. The lowest BCUT2D eigenvalue weighted by molar-refractivity contribution is -0.134. The van der Waals surface area contributed by atoms with Crippen LogP contribution in [0.5, 0.6) is 0 Å². The van der Waals surface area contributed by atoms with Gasteiger partial charge in [0.05, 0.1) is 24.4 Å². The fourth-order valence-electron chi connectivity index (χ4n) is 2.98. The van der Waals surface area contributed by atoms with Crippen LogP contribution in [0.3, 0.4) is 0 Å². The molecule has 4 atom stereocenters. The Morgan fingerprint density at radius 3 is 2.25 bits per heavy atom. The van der Waals surface area contributed by atoms with Crippen LogP contribution in [0.25, 0.3) is 0 Å². The van der Waals surface area contributed by atoms with Crippen molar-refractivity contribution in [2.75, 3.05) is 18.6 Å². The summed E-state index contributed by atoms with van der Waals surface area (Å²) in [6.45, 7) is 3.23. The summed E-state index contributed by atoms with van der Waals surface area (Å²) in [5.41, 5.74) is 0.898. The molecule has 178 valence electrons. The van der Waals surface area contributed by atoms with Crippen molar-refractivity contribution in [3.63, 3.8) is 0 Å². The molecule has 0 aliphatic heterocycles. The maximum atomic E-state index is 12.4. The molecule has 10 nitrogen and oxygen atoms in total. The van der Waals surface area contributed by atoms with Gasteiger partial charge in [-0.15, -0.1) is 0 Å². The Bertz CT molecular complexity index is 862. The van der Waals surface area contributed by atoms with Crippen LogP contribution >= 0.6 is 0 Å². The maximum absolute atomic E-state index is 12.4. The quantitative estimate of drug-likeness (QED) is 0.240. The van der Waals surface area contributed by atoms with Crippen molar-refractivity contribution in [2.45, 2.75) is 50.9 Å². The SMILES string of the molecule is [CH]NC(CS(C)(=O)=O)C(=O)NC(CCC)C(O)C(=O)NCC(=O)NC(C)c1ccccc1. The number of amides is 3. The average molecular weight is 469 g/mol. The van der Waals surface area contributed by atoms with Gasteiger partial charge in [0.2, 0.25) is 11.8 Å². The number of sulfone groups is 1. The van der Waals surface area contributed by atoms with E-state index in [9.17, 15) is 27.9 Å². The molecule has 0 saturated carbocycles. The summed E-state index contributed by atoms with van der Waals surface area (Å²) in [4.78, 5) is 36.8. The molecule has 11 heteroatoms. The largest absolute Gasteiger partial charge is 0.381 e. The van der Waals surface area contributed by atoms with E-state index in [2.05, 4.69) is 21.3 Å². The van der Waals surface area contributed by atoms with E-state index in [0.29, 0.717) is 6.42 Å². The molecule has 1 aromatic rings. The zero-order valence-corrected chi connectivity index (χ0v) is 19.3. The molecule has 0 heterocycles. The van der Waals surface area contributed by atoms with E-state index in [1.165, 1.54) is 0 Å². The van der Waals surface area contributed by atoms with Gasteiger partial charge < -0.3 is 21.1 Å². The molecule has 1 rings (SSSR count). The molecule has 0 aliphatic carbocycles. The van der Waals surface area contributed by atoms with E-state index in [-0.39, 0.29) is 19.0 Å². The Morgan fingerprint density at radius 1 is 1.09 bits per heavy atom. The highest BCUT2D eigenvalue weighted by molar-refractivity contribution is 7.90. The van der Waals surface area contributed by atoms with Crippen molar-refractivity contribution in [1.82, 2.24) is 21.3 Å². The second-order valence-corrected chi connectivity index (χ2v) is 9.76. The number of rotatable bonds is 13. The van der Waals surface area contributed by atoms with Crippen molar-refractivity contribution < 1.29 is 27.9 Å². The topological polar surface area (TPSA) is 154 Å². The van der Waals surface area contributed by atoms with Gasteiger partial charge in [-0.25, -0.2) is 8.42 Å². The first kappa shape index (κ1) is 27.5. The van der Waals surface area contributed by atoms with Crippen LogP contribution in [-0.2, 0) is 24.2 Å². The first-order valence-electron chi connectivity index (χ1n) is 10.2.